The van der Waals surface area contributed by atoms with Crippen LogP contribution >= 0.6 is 0 Å². The molecule has 1 atom stereocenters. The maximum Gasteiger partial charge on any atom is 0.225 e. The van der Waals surface area contributed by atoms with E-state index in [0.29, 0.717) is 0 Å². The summed E-state index contributed by atoms with van der Waals surface area (Å²) in [6, 6.07) is 9.24. The molecule has 154 valence electrons. The van der Waals surface area contributed by atoms with Gasteiger partial charge in [-0.05, 0) is 31.7 Å². The molecule has 2 fully saturated rings. The number of amides is 1. The summed E-state index contributed by atoms with van der Waals surface area (Å²) in [5, 5.41) is 7.14. The largest absolute Gasteiger partial charge is 0.356 e. The maximum atomic E-state index is 12.2. The molecule has 2 N–H and O–H groups in total. The van der Waals surface area contributed by atoms with Crippen molar-refractivity contribution < 1.29 is 4.79 Å². The Bertz CT molecular complexity index is 706. The Morgan fingerprint density at radius 2 is 2.07 bits per heavy atom. The number of nitrogens with zero attached hydrogens (tertiary/aromatic N) is 2. The van der Waals surface area contributed by atoms with Gasteiger partial charge in [0.25, 0.3) is 0 Å². The highest BCUT2D eigenvalue weighted by Crippen LogP contribution is 2.40. The highest BCUT2D eigenvalue weighted by molar-refractivity contribution is 5.81. The van der Waals surface area contributed by atoms with E-state index in [1.54, 1.807) is 0 Å². The number of benzene rings is 1. The van der Waals surface area contributed by atoms with Gasteiger partial charge in [-0.25, -0.2) is 0 Å². The number of aliphatic imine (C=N–C) groups is 1. The van der Waals surface area contributed by atoms with E-state index in [1.807, 2.05) is 25.8 Å². The van der Waals surface area contributed by atoms with E-state index in [1.165, 1.54) is 36.8 Å². The lowest BCUT2D eigenvalue weighted by molar-refractivity contribution is -0.133. The molecule has 2 aliphatic rings. The fourth-order valence-corrected chi connectivity index (χ4v) is 4.68. The molecule has 1 aromatic rings. The first-order valence-electron chi connectivity index (χ1n) is 10.8. The van der Waals surface area contributed by atoms with Crippen LogP contribution in [0.1, 0.15) is 57.1 Å². The molecule has 1 saturated carbocycles. The number of rotatable bonds is 5. The molecule has 1 heterocycles. The molecule has 5 heteroatoms. The fraction of sp³-hybridized carbons (Fsp3) is 0.652. The van der Waals surface area contributed by atoms with Gasteiger partial charge in [-0.15, -0.1) is 0 Å². The van der Waals surface area contributed by atoms with Crippen LogP contribution in [0, 0.1) is 12.8 Å². The van der Waals surface area contributed by atoms with Gasteiger partial charge in [0.2, 0.25) is 5.91 Å². The Kier molecular flexibility index (Phi) is 6.63. The minimum Gasteiger partial charge on any atom is -0.356 e. The summed E-state index contributed by atoms with van der Waals surface area (Å²) in [5.41, 5.74) is 2.97. The molecule has 1 aromatic carbocycles. The molecule has 1 unspecified atom stereocenters. The van der Waals surface area contributed by atoms with E-state index >= 15 is 0 Å². The summed E-state index contributed by atoms with van der Waals surface area (Å²) in [6.07, 6.45) is 6.00. The molecule has 1 saturated heterocycles. The smallest absolute Gasteiger partial charge is 0.225 e. The van der Waals surface area contributed by atoms with Crippen molar-refractivity contribution in [1.82, 2.24) is 15.5 Å². The molecule has 1 amide bonds. The van der Waals surface area contributed by atoms with Crippen molar-refractivity contribution in [2.75, 3.05) is 26.7 Å². The molecule has 0 radical (unpaired) electrons. The molecule has 0 aromatic heterocycles. The van der Waals surface area contributed by atoms with Crippen molar-refractivity contribution in [3.8, 4) is 0 Å². The Morgan fingerprint density at radius 3 is 2.71 bits per heavy atom. The van der Waals surface area contributed by atoms with Crippen LogP contribution in [0.4, 0.5) is 0 Å². The average molecular weight is 385 g/mol. The number of nitrogens with one attached hydrogen (secondary N) is 2. The molecular weight excluding hydrogens is 348 g/mol. The van der Waals surface area contributed by atoms with Crippen LogP contribution in [0.5, 0.6) is 0 Å². The van der Waals surface area contributed by atoms with Crippen molar-refractivity contribution in [3.63, 3.8) is 0 Å². The summed E-state index contributed by atoms with van der Waals surface area (Å²) in [4.78, 5) is 18.6. The molecule has 0 spiro atoms. The predicted molar refractivity (Wildman–Crippen MR) is 116 cm³/mol. The van der Waals surface area contributed by atoms with E-state index in [2.05, 4.69) is 46.8 Å². The van der Waals surface area contributed by atoms with Gasteiger partial charge in [0.05, 0.1) is 0 Å². The average Bonchev–Trinajstić information content (AvgIpc) is 3.35. The molecule has 28 heavy (non-hydrogen) atoms. The second-order valence-corrected chi connectivity index (χ2v) is 8.85. The van der Waals surface area contributed by atoms with Crippen LogP contribution in [0.3, 0.4) is 0 Å². The lowest BCUT2D eigenvalue weighted by atomic mass is 9.78. The van der Waals surface area contributed by atoms with Gasteiger partial charge in [-0.2, -0.15) is 0 Å². The second kappa shape index (κ2) is 8.97. The molecular formula is C23H36N4O. The highest BCUT2D eigenvalue weighted by Gasteiger charge is 2.36. The number of carbonyl (C=O) groups excluding carboxylic acids is 1. The Labute approximate surface area is 170 Å². The van der Waals surface area contributed by atoms with Crippen molar-refractivity contribution in [1.29, 1.82) is 0 Å². The lowest BCUT2D eigenvalue weighted by Gasteiger charge is -2.31. The Balaban J connectivity index is 1.60. The topological polar surface area (TPSA) is 56.7 Å². The lowest BCUT2D eigenvalue weighted by Crippen LogP contribution is -2.49. The first kappa shape index (κ1) is 20.7. The molecule has 3 rings (SSSR count). The van der Waals surface area contributed by atoms with Crippen LogP contribution in [0.2, 0.25) is 0 Å². The number of aryl methyl sites for hydroxylation is 1. The van der Waals surface area contributed by atoms with Crippen LogP contribution in [-0.2, 0) is 10.2 Å². The van der Waals surface area contributed by atoms with E-state index in [-0.39, 0.29) is 23.3 Å². The zero-order valence-electron chi connectivity index (χ0n) is 17.9. The van der Waals surface area contributed by atoms with Gasteiger partial charge in [0.15, 0.2) is 5.96 Å². The molecule has 1 aliphatic heterocycles. The monoisotopic (exact) mass is 384 g/mol. The van der Waals surface area contributed by atoms with Crippen molar-refractivity contribution in [2.24, 2.45) is 10.9 Å². The minimum absolute atomic E-state index is 0.0627. The van der Waals surface area contributed by atoms with Crippen molar-refractivity contribution in [2.45, 2.75) is 64.3 Å². The van der Waals surface area contributed by atoms with Gasteiger partial charge in [0, 0.05) is 44.1 Å². The number of hydrogen-bond acceptors (Lipinski definition) is 2. The molecule has 0 bridgehead atoms. The zero-order valence-corrected chi connectivity index (χ0v) is 17.9. The van der Waals surface area contributed by atoms with Gasteiger partial charge >= 0.3 is 0 Å². The first-order chi connectivity index (χ1) is 13.4. The van der Waals surface area contributed by atoms with E-state index < -0.39 is 0 Å². The molecule has 1 aliphatic carbocycles. The zero-order chi connectivity index (χ0) is 20.1. The quantitative estimate of drug-likeness (QED) is 0.605. The van der Waals surface area contributed by atoms with Crippen molar-refractivity contribution in [3.05, 3.63) is 35.4 Å². The third-order valence-electron chi connectivity index (χ3n) is 6.34. The van der Waals surface area contributed by atoms with Crippen LogP contribution in [0.25, 0.3) is 0 Å². The number of guanidine groups is 1. The van der Waals surface area contributed by atoms with E-state index in [9.17, 15) is 4.79 Å². The summed E-state index contributed by atoms with van der Waals surface area (Å²) in [7, 11) is 1.83. The second-order valence-electron chi connectivity index (χ2n) is 8.85. The van der Waals surface area contributed by atoms with Crippen LogP contribution in [-0.4, -0.2) is 49.5 Å². The number of likely N-dealkylation sites (tertiary alicyclic amines) is 1. The van der Waals surface area contributed by atoms with Crippen LogP contribution < -0.4 is 10.6 Å². The predicted octanol–water partition coefficient (Wildman–Crippen LogP) is 3.23. The minimum atomic E-state index is 0.0627. The van der Waals surface area contributed by atoms with Gasteiger partial charge < -0.3 is 15.5 Å². The van der Waals surface area contributed by atoms with Crippen molar-refractivity contribution >= 4 is 11.9 Å². The normalized spacial score (nSPS) is 22.0. The number of carbonyl (C=O) groups is 1. The van der Waals surface area contributed by atoms with E-state index in [4.69, 9.17) is 0 Å². The fourth-order valence-electron chi connectivity index (χ4n) is 4.68. The SMILES string of the molecule is CN=C(NCC1(c2cccc(C)c2)CCCC1)NC1CCN(C(=O)C(C)C)C1. The van der Waals surface area contributed by atoms with Gasteiger partial charge in [-0.1, -0.05) is 56.5 Å². The van der Waals surface area contributed by atoms with Gasteiger partial charge in [0.1, 0.15) is 0 Å². The third kappa shape index (κ3) is 4.68. The van der Waals surface area contributed by atoms with Crippen LogP contribution in [0.15, 0.2) is 29.3 Å². The summed E-state index contributed by atoms with van der Waals surface area (Å²) in [6.45, 7) is 8.60. The maximum absolute atomic E-state index is 12.2. The summed E-state index contributed by atoms with van der Waals surface area (Å²) < 4.78 is 0. The standard InChI is InChI=1S/C23H36N4O/c1-17(2)21(28)27-13-10-20(15-27)26-22(24-4)25-16-23(11-5-6-12-23)19-9-7-8-18(3)14-19/h7-9,14,17,20H,5-6,10-13,15-16H2,1-4H3,(H2,24,25,26). The van der Waals surface area contributed by atoms with E-state index in [0.717, 1.165) is 32.0 Å². The first-order valence-corrected chi connectivity index (χ1v) is 10.8. The Hall–Kier alpha value is -2.04. The van der Waals surface area contributed by atoms with Gasteiger partial charge in [-0.3, -0.25) is 9.79 Å². The highest BCUT2D eigenvalue weighted by atomic mass is 16.2. The Morgan fingerprint density at radius 1 is 1.32 bits per heavy atom. The third-order valence-corrected chi connectivity index (χ3v) is 6.34. The molecule has 5 nitrogen and oxygen atoms in total. The summed E-state index contributed by atoms with van der Waals surface area (Å²) in [5.74, 6) is 1.16. The summed E-state index contributed by atoms with van der Waals surface area (Å²) >= 11 is 0. The number of hydrogen-bond donors (Lipinski definition) is 2.